The van der Waals surface area contributed by atoms with Gasteiger partial charge in [-0.25, -0.2) is 0 Å². The molecule has 1 nitrogen and oxygen atoms in total. The number of aliphatic hydroxyl groups excluding tert-OH is 1. The zero-order valence-corrected chi connectivity index (χ0v) is 7.67. The molecular weight excluding hydrogens is 136 g/mol. The molecule has 0 aromatic heterocycles. The summed E-state index contributed by atoms with van der Waals surface area (Å²) in [7, 11) is 0. The van der Waals surface area contributed by atoms with Crippen LogP contribution in [-0.4, -0.2) is 11.2 Å². The minimum atomic E-state index is -0.289. The van der Waals surface area contributed by atoms with Crippen molar-refractivity contribution in [2.75, 3.05) is 0 Å². The molecule has 64 valence electrons. The van der Waals surface area contributed by atoms with Crippen molar-refractivity contribution in [3.05, 3.63) is 23.8 Å². The van der Waals surface area contributed by atoms with Gasteiger partial charge >= 0.3 is 0 Å². The van der Waals surface area contributed by atoms with Crippen LogP contribution in [0.4, 0.5) is 0 Å². The summed E-state index contributed by atoms with van der Waals surface area (Å²) < 4.78 is 0. The molecule has 0 spiro atoms. The van der Waals surface area contributed by atoms with E-state index in [4.69, 9.17) is 0 Å². The molecule has 0 aliphatic rings. The Bertz CT molecular complexity index is 145. The summed E-state index contributed by atoms with van der Waals surface area (Å²) in [6.45, 7) is 6.02. The minimum absolute atomic E-state index is 0.289. The minimum Gasteiger partial charge on any atom is -0.388 e. The van der Waals surface area contributed by atoms with Crippen LogP contribution in [0, 0.1) is 0 Å². The Morgan fingerprint density at radius 2 is 2.09 bits per heavy atom. The van der Waals surface area contributed by atoms with Crippen LogP contribution >= 0.6 is 0 Å². The van der Waals surface area contributed by atoms with Gasteiger partial charge in [-0.05, 0) is 25.3 Å². The van der Waals surface area contributed by atoms with Gasteiger partial charge in [0.2, 0.25) is 0 Å². The van der Waals surface area contributed by atoms with Crippen LogP contribution in [0.15, 0.2) is 23.8 Å². The third kappa shape index (κ3) is 3.99. The first kappa shape index (κ1) is 10.4. The molecule has 0 amide bonds. The van der Waals surface area contributed by atoms with Crippen molar-refractivity contribution in [2.45, 2.75) is 39.7 Å². The Labute approximate surface area is 69.4 Å². The highest BCUT2D eigenvalue weighted by Crippen LogP contribution is 2.07. The Balaban J connectivity index is 4.07. The summed E-state index contributed by atoms with van der Waals surface area (Å²) in [5, 5.41) is 9.42. The van der Waals surface area contributed by atoms with Gasteiger partial charge in [-0.1, -0.05) is 32.1 Å². The molecule has 0 aromatic rings. The van der Waals surface area contributed by atoms with Crippen LogP contribution in [0.5, 0.6) is 0 Å². The standard InChI is InChI=1S/C10H18O/c1-4-7-8-9(5-2)10(11)6-3/h5,7-8,10-11H,4,6H2,1-3H3/b8-7-,9-5+. The third-order valence-electron chi connectivity index (χ3n) is 1.65. The summed E-state index contributed by atoms with van der Waals surface area (Å²) in [5.41, 5.74) is 1.02. The van der Waals surface area contributed by atoms with Crippen LogP contribution in [0.3, 0.4) is 0 Å². The highest BCUT2D eigenvalue weighted by Gasteiger charge is 2.02. The molecule has 0 rings (SSSR count). The normalized spacial score (nSPS) is 15.8. The van der Waals surface area contributed by atoms with Crippen molar-refractivity contribution in [2.24, 2.45) is 0 Å². The third-order valence-corrected chi connectivity index (χ3v) is 1.65. The molecule has 1 heteroatoms. The van der Waals surface area contributed by atoms with Crippen LogP contribution in [0.1, 0.15) is 33.6 Å². The van der Waals surface area contributed by atoms with Gasteiger partial charge < -0.3 is 5.11 Å². The van der Waals surface area contributed by atoms with Crippen LogP contribution in [0.25, 0.3) is 0 Å². The molecule has 0 radical (unpaired) electrons. The van der Waals surface area contributed by atoms with Crippen molar-refractivity contribution in [1.82, 2.24) is 0 Å². The molecule has 0 bridgehead atoms. The second kappa shape index (κ2) is 6.17. The Kier molecular flexibility index (Phi) is 5.86. The van der Waals surface area contributed by atoms with Gasteiger partial charge in [0.15, 0.2) is 0 Å². The summed E-state index contributed by atoms with van der Waals surface area (Å²) in [6.07, 6.45) is 7.53. The van der Waals surface area contributed by atoms with Gasteiger partial charge in [-0.15, -0.1) is 0 Å². The van der Waals surface area contributed by atoms with Crippen molar-refractivity contribution in [3.8, 4) is 0 Å². The molecule has 0 aliphatic heterocycles. The van der Waals surface area contributed by atoms with E-state index in [9.17, 15) is 5.11 Å². The van der Waals surface area contributed by atoms with E-state index in [1.807, 2.05) is 26.0 Å². The van der Waals surface area contributed by atoms with E-state index in [-0.39, 0.29) is 6.10 Å². The van der Waals surface area contributed by atoms with Gasteiger partial charge in [0.1, 0.15) is 0 Å². The molecule has 0 fully saturated rings. The van der Waals surface area contributed by atoms with Gasteiger partial charge in [-0.3, -0.25) is 0 Å². The number of rotatable bonds is 4. The van der Waals surface area contributed by atoms with E-state index < -0.39 is 0 Å². The molecule has 0 saturated carbocycles. The van der Waals surface area contributed by atoms with E-state index in [1.165, 1.54) is 0 Å². The molecule has 1 N–H and O–H groups in total. The highest BCUT2D eigenvalue weighted by molar-refractivity contribution is 5.21. The molecule has 0 heterocycles. The molecule has 0 saturated heterocycles. The summed E-state index contributed by atoms with van der Waals surface area (Å²) in [4.78, 5) is 0. The van der Waals surface area contributed by atoms with Crippen molar-refractivity contribution in [3.63, 3.8) is 0 Å². The maximum absolute atomic E-state index is 9.42. The zero-order chi connectivity index (χ0) is 8.69. The molecule has 1 unspecified atom stereocenters. The summed E-state index contributed by atoms with van der Waals surface area (Å²) in [5.74, 6) is 0. The van der Waals surface area contributed by atoms with Gasteiger partial charge in [0.05, 0.1) is 6.10 Å². The van der Waals surface area contributed by atoms with E-state index in [1.54, 1.807) is 0 Å². The predicted molar refractivity (Wildman–Crippen MR) is 49.5 cm³/mol. The largest absolute Gasteiger partial charge is 0.388 e. The van der Waals surface area contributed by atoms with Gasteiger partial charge in [-0.2, -0.15) is 0 Å². The fourth-order valence-corrected chi connectivity index (χ4v) is 0.889. The fraction of sp³-hybridized carbons (Fsp3) is 0.600. The maximum atomic E-state index is 9.42. The average molecular weight is 154 g/mol. The quantitative estimate of drug-likeness (QED) is 0.617. The molecule has 0 aromatic carbocycles. The Hall–Kier alpha value is -0.560. The monoisotopic (exact) mass is 154 g/mol. The Morgan fingerprint density at radius 3 is 2.45 bits per heavy atom. The van der Waals surface area contributed by atoms with Crippen LogP contribution in [0.2, 0.25) is 0 Å². The van der Waals surface area contributed by atoms with Crippen molar-refractivity contribution >= 4 is 0 Å². The topological polar surface area (TPSA) is 20.2 Å². The molecule has 0 aliphatic carbocycles. The fourth-order valence-electron chi connectivity index (χ4n) is 0.889. The Morgan fingerprint density at radius 1 is 1.45 bits per heavy atom. The molecule has 11 heavy (non-hydrogen) atoms. The second-order valence-electron chi connectivity index (χ2n) is 2.52. The predicted octanol–water partition coefficient (Wildman–Crippen LogP) is 2.67. The number of aliphatic hydroxyl groups is 1. The summed E-state index contributed by atoms with van der Waals surface area (Å²) >= 11 is 0. The lowest BCUT2D eigenvalue weighted by Gasteiger charge is -2.07. The smallest absolute Gasteiger partial charge is 0.0784 e. The lowest BCUT2D eigenvalue weighted by molar-refractivity contribution is 0.210. The lowest BCUT2D eigenvalue weighted by Crippen LogP contribution is -2.06. The van der Waals surface area contributed by atoms with Gasteiger partial charge in [0.25, 0.3) is 0 Å². The summed E-state index contributed by atoms with van der Waals surface area (Å²) in [6, 6.07) is 0. The van der Waals surface area contributed by atoms with Gasteiger partial charge in [0, 0.05) is 0 Å². The van der Waals surface area contributed by atoms with Crippen molar-refractivity contribution < 1.29 is 5.11 Å². The second-order valence-corrected chi connectivity index (χ2v) is 2.52. The van der Waals surface area contributed by atoms with Crippen LogP contribution < -0.4 is 0 Å². The first-order valence-electron chi connectivity index (χ1n) is 4.27. The van der Waals surface area contributed by atoms with Crippen LogP contribution in [-0.2, 0) is 0 Å². The first-order valence-corrected chi connectivity index (χ1v) is 4.27. The number of hydrogen-bond donors (Lipinski definition) is 1. The maximum Gasteiger partial charge on any atom is 0.0784 e. The average Bonchev–Trinajstić information content (AvgIpc) is 2.05. The lowest BCUT2D eigenvalue weighted by atomic mass is 10.1. The SMILES string of the molecule is C/C=C(\C=C/CC)C(O)CC. The number of hydrogen-bond acceptors (Lipinski definition) is 1. The van der Waals surface area contributed by atoms with E-state index >= 15 is 0 Å². The molecule has 1 atom stereocenters. The first-order chi connectivity index (χ1) is 5.26. The van der Waals surface area contributed by atoms with E-state index in [0.29, 0.717) is 0 Å². The zero-order valence-electron chi connectivity index (χ0n) is 7.67. The highest BCUT2D eigenvalue weighted by atomic mass is 16.3. The molecular formula is C10H18O. The van der Waals surface area contributed by atoms with E-state index in [0.717, 1.165) is 18.4 Å². The van der Waals surface area contributed by atoms with E-state index in [2.05, 4.69) is 13.0 Å². The van der Waals surface area contributed by atoms with Crippen molar-refractivity contribution in [1.29, 1.82) is 0 Å². The number of allylic oxidation sites excluding steroid dienone is 2.